The monoisotopic (exact) mass is 170 g/mol. The summed E-state index contributed by atoms with van der Waals surface area (Å²) in [4.78, 5) is 12.6. The molecular weight excluding hydrogens is 159 g/mol. The molecule has 1 unspecified atom stereocenters. The molecule has 2 radical (unpaired) electrons. The van der Waals surface area contributed by atoms with Crippen molar-refractivity contribution in [3.63, 3.8) is 0 Å². The smallest absolute Gasteiger partial charge is 0.409 e. The van der Waals surface area contributed by atoms with Crippen molar-refractivity contribution in [3.8, 4) is 0 Å². The van der Waals surface area contributed by atoms with Crippen LogP contribution in [0.2, 0.25) is 0 Å². The maximum atomic E-state index is 11.0. The number of hydrogen-bond donors (Lipinski definition) is 1. The van der Waals surface area contributed by atoms with Gasteiger partial charge in [-0.1, -0.05) is 0 Å². The van der Waals surface area contributed by atoms with E-state index in [0.717, 1.165) is 13.0 Å². The first-order valence-electron chi connectivity index (χ1n) is 3.72. The second-order valence-electron chi connectivity index (χ2n) is 2.57. The number of ether oxygens (including phenoxy) is 1. The number of amides is 1. The summed E-state index contributed by atoms with van der Waals surface area (Å²) in [5, 5.41) is 0. The number of carbonyl (C=O) groups excluding carboxylic acids is 1. The molecule has 0 bridgehead atoms. The Kier molecular flexibility index (Phi) is 3.37. The highest BCUT2D eigenvalue weighted by Gasteiger charge is 2.32. The van der Waals surface area contributed by atoms with E-state index >= 15 is 0 Å². The normalized spacial score (nSPS) is 21.8. The van der Waals surface area contributed by atoms with Crippen molar-refractivity contribution >= 4 is 14.1 Å². The number of likely N-dealkylation sites (tertiary alicyclic amines) is 1. The Morgan fingerprint density at radius 3 is 3.00 bits per heavy atom. The van der Waals surface area contributed by atoms with Crippen LogP contribution in [-0.4, -0.2) is 45.3 Å². The number of methoxy groups -OCH3 is 1. The van der Waals surface area contributed by atoms with Gasteiger partial charge < -0.3 is 14.4 Å². The summed E-state index contributed by atoms with van der Waals surface area (Å²) in [6.07, 6.45) is 0.649. The van der Waals surface area contributed by atoms with E-state index in [0.29, 0.717) is 6.54 Å². The summed E-state index contributed by atoms with van der Waals surface area (Å²) in [6.45, 7) is 1.27. The van der Waals surface area contributed by atoms with Crippen LogP contribution in [0.3, 0.4) is 0 Å². The van der Waals surface area contributed by atoms with E-state index in [4.69, 9.17) is 8.05 Å². The van der Waals surface area contributed by atoms with Crippen molar-refractivity contribution in [1.82, 2.24) is 10.4 Å². The molecular formula is C6H11BN2O3. The Labute approximate surface area is 72.4 Å². The molecule has 12 heavy (non-hydrogen) atoms. The molecule has 0 aliphatic carbocycles. The zero-order chi connectivity index (χ0) is 8.97. The highest BCUT2D eigenvalue weighted by Crippen LogP contribution is 2.16. The predicted octanol–water partition coefficient (Wildman–Crippen LogP) is -0.568. The van der Waals surface area contributed by atoms with Crippen LogP contribution in [0.15, 0.2) is 0 Å². The van der Waals surface area contributed by atoms with Gasteiger partial charge in [-0.15, -0.1) is 0 Å². The van der Waals surface area contributed by atoms with E-state index in [1.165, 1.54) is 7.11 Å². The average Bonchev–Trinajstić information content (AvgIpc) is 2.03. The molecule has 1 atom stereocenters. The van der Waals surface area contributed by atoms with Crippen molar-refractivity contribution in [2.45, 2.75) is 12.5 Å². The molecule has 0 aromatic heterocycles. The molecule has 1 saturated heterocycles. The SMILES string of the molecule is [B]ONCC1CCN1C(=O)OC. The number of nitrogens with one attached hydrogen (secondary N) is 1. The van der Waals surface area contributed by atoms with Crippen LogP contribution in [0.1, 0.15) is 6.42 Å². The molecule has 1 rings (SSSR count). The molecule has 1 heterocycles. The second-order valence-corrected chi connectivity index (χ2v) is 2.57. The Morgan fingerprint density at radius 1 is 1.83 bits per heavy atom. The van der Waals surface area contributed by atoms with E-state index in [2.05, 4.69) is 15.0 Å². The summed E-state index contributed by atoms with van der Waals surface area (Å²) < 4.78 is 8.73. The molecule has 1 fully saturated rings. The van der Waals surface area contributed by atoms with Gasteiger partial charge in [0.2, 0.25) is 0 Å². The summed E-state index contributed by atoms with van der Waals surface area (Å²) in [6, 6.07) is 0.140. The van der Waals surface area contributed by atoms with Crippen LogP contribution < -0.4 is 5.48 Å². The highest BCUT2D eigenvalue weighted by atomic mass is 16.6. The lowest BCUT2D eigenvalue weighted by Gasteiger charge is -2.39. The summed E-state index contributed by atoms with van der Waals surface area (Å²) in [5.74, 6) is 0. The third-order valence-electron chi connectivity index (χ3n) is 1.96. The molecule has 0 spiro atoms. The van der Waals surface area contributed by atoms with Crippen molar-refractivity contribution in [2.75, 3.05) is 20.2 Å². The van der Waals surface area contributed by atoms with Crippen molar-refractivity contribution in [3.05, 3.63) is 0 Å². The molecule has 1 N–H and O–H groups in total. The standard InChI is InChI=1S/C6H11BN2O3/c1-11-6(10)9-3-2-5(9)4-8-12-7/h5,8H,2-4H2,1H3. The van der Waals surface area contributed by atoms with Gasteiger partial charge >= 0.3 is 14.1 Å². The topological polar surface area (TPSA) is 50.8 Å². The van der Waals surface area contributed by atoms with Gasteiger partial charge in [0.1, 0.15) is 0 Å². The minimum absolute atomic E-state index is 0.140. The van der Waals surface area contributed by atoms with Gasteiger partial charge in [-0.05, 0) is 6.42 Å². The van der Waals surface area contributed by atoms with Gasteiger partial charge in [0, 0.05) is 13.1 Å². The number of carbonyl (C=O) groups is 1. The molecule has 0 aromatic rings. The average molecular weight is 170 g/mol. The zero-order valence-electron chi connectivity index (χ0n) is 6.95. The minimum atomic E-state index is -0.301. The fraction of sp³-hybridized carbons (Fsp3) is 0.833. The first-order chi connectivity index (χ1) is 5.79. The number of nitrogens with zero attached hydrogens (tertiary/aromatic N) is 1. The quantitative estimate of drug-likeness (QED) is 0.455. The lowest BCUT2D eigenvalue weighted by molar-refractivity contribution is 0.0474. The van der Waals surface area contributed by atoms with Gasteiger partial charge in [0.05, 0.1) is 13.2 Å². The van der Waals surface area contributed by atoms with Crippen molar-refractivity contribution in [2.24, 2.45) is 0 Å². The predicted molar refractivity (Wildman–Crippen MR) is 42.4 cm³/mol. The first kappa shape index (κ1) is 9.34. The fourth-order valence-electron chi connectivity index (χ4n) is 1.15. The van der Waals surface area contributed by atoms with Gasteiger partial charge in [0.25, 0.3) is 0 Å². The Balaban J connectivity index is 2.24. The van der Waals surface area contributed by atoms with Gasteiger partial charge in [-0.25, -0.2) is 10.3 Å². The van der Waals surface area contributed by atoms with E-state index in [1.54, 1.807) is 4.90 Å². The number of hydrogen-bond acceptors (Lipinski definition) is 4. The van der Waals surface area contributed by atoms with E-state index in [1.807, 2.05) is 0 Å². The Bertz CT molecular complexity index is 167. The summed E-state index contributed by atoms with van der Waals surface area (Å²) in [5.41, 5.74) is 2.49. The Morgan fingerprint density at radius 2 is 2.58 bits per heavy atom. The molecule has 1 aliphatic rings. The van der Waals surface area contributed by atoms with Crippen LogP contribution in [0.4, 0.5) is 4.79 Å². The molecule has 0 saturated carbocycles. The van der Waals surface area contributed by atoms with Gasteiger partial charge in [-0.2, -0.15) is 0 Å². The van der Waals surface area contributed by atoms with E-state index in [-0.39, 0.29) is 12.1 Å². The van der Waals surface area contributed by atoms with Crippen LogP contribution in [0.25, 0.3) is 0 Å². The minimum Gasteiger partial charge on any atom is -0.453 e. The highest BCUT2D eigenvalue weighted by molar-refractivity contribution is 5.97. The molecule has 1 aliphatic heterocycles. The maximum Gasteiger partial charge on any atom is 0.409 e. The van der Waals surface area contributed by atoms with Gasteiger partial charge in [-0.3, -0.25) is 0 Å². The molecule has 66 valence electrons. The van der Waals surface area contributed by atoms with Crippen LogP contribution in [-0.2, 0) is 9.49 Å². The third-order valence-corrected chi connectivity index (χ3v) is 1.96. The van der Waals surface area contributed by atoms with Gasteiger partial charge in [0.15, 0.2) is 0 Å². The van der Waals surface area contributed by atoms with Crippen LogP contribution in [0, 0.1) is 0 Å². The molecule has 5 nitrogen and oxygen atoms in total. The first-order valence-corrected chi connectivity index (χ1v) is 3.72. The number of rotatable bonds is 3. The molecule has 0 aromatic carbocycles. The summed E-state index contributed by atoms with van der Waals surface area (Å²) >= 11 is 0. The van der Waals surface area contributed by atoms with Crippen LogP contribution in [0.5, 0.6) is 0 Å². The molecule has 1 amide bonds. The van der Waals surface area contributed by atoms with E-state index in [9.17, 15) is 4.79 Å². The number of hydroxylamine groups is 1. The Hall–Kier alpha value is -0.745. The summed E-state index contributed by atoms with van der Waals surface area (Å²) in [7, 11) is 6.13. The lowest BCUT2D eigenvalue weighted by atomic mass is 10.1. The third kappa shape index (κ3) is 1.89. The maximum absolute atomic E-state index is 11.0. The van der Waals surface area contributed by atoms with Crippen LogP contribution >= 0.6 is 0 Å². The van der Waals surface area contributed by atoms with Crippen molar-refractivity contribution < 1.29 is 14.3 Å². The zero-order valence-corrected chi connectivity index (χ0v) is 6.95. The van der Waals surface area contributed by atoms with E-state index < -0.39 is 0 Å². The second kappa shape index (κ2) is 4.32. The molecule has 6 heteroatoms. The largest absolute Gasteiger partial charge is 0.453 e. The fourth-order valence-corrected chi connectivity index (χ4v) is 1.15. The van der Waals surface area contributed by atoms with Crippen molar-refractivity contribution in [1.29, 1.82) is 0 Å². The lowest BCUT2D eigenvalue weighted by Crippen LogP contribution is -2.55.